The number of nitrogens with one attached hydrogen (secondary N) is 1. The Kier molecular flexibility index (Phi) is 5.30. The van der Waals surface area contributed by atoms with E-state index in [9.17, 15) is 9.59 Å². The molecule has 0 saturated heterocycles. The van der Waals surface area contributed by atoms with E-state index in [1.54, 1.807) is 11.0 Å². The molecule has 0 spiro atoms. The van der Waals surface area contributed by atoms with Gasteiger partial charge in [0.25, 0.3) is 0 Å². The summed E-state index contributed by atoms with van der Waals surface area (Å²) in [4.78, 5) is 26.1. The lowest BCUT2D eigenvalue weighted by Crippen LogP contribution is -2.39. The SMILES string of the molecule is CC(C)[C@H](N)C(=O)Nc1ccc(CN2C(=O)Cc3ccc(Cl)cc32)cc1. The lowest BCUT2D eigenvalue weighted by molar-refractivity contribution is -0.118. The molecule has 2 aromatic carbocycles. The monoisotopic (exact) mass is 371 g/mol. The van der Waals surface area contributed by atoms with Crippen molar-refractivity contribution in [1.29, 1.82) is 0 Å². The van der Waals surface area contributed by atoms with Gasteiger partial charge in [-0.05, 0) is 41.3 Å². The molecule has 3 rings (SSSR count). The Bertz CT molecular complexity index is 833. The van der Waals surface area contributed by atoms with Gasteiger partial charge in [0, 0.05) is 16.4 Å². The van der Waals surface area contributed by atoms with E-state index >= 15 is 0 Å². The summed E-state index contributed by atoms with van der Waals surface area (Å²) in [5.74, 6) is -0.0732. The molecule has 26 heavy (non-hydrogen) atoms. The maximum Gasteiger partial charge on any atom is 0.241 e. The number of hydrogen-bond acceptors (Lipinski definition) is 3. The predicted octanol–water partition coefficient (Wildman–Crippen LogP) is 3.35. The number of amides is 2. The summed E-state index contributed by atoms with van der Waals surface area (Å²) >= 11 is 6.07. The van der Waals surface area contributed by atoms with Gasteiger partial charge in [0.1, 0.15) is 0 Å². The fourth-order valence-electron chi connectivity index (χ4n) is 2.91. The minimum Gasteiger partial charge on any atom is -0.325 e. The molecule has 1 atom stereocenters. The molecule has 5 nitrogen and oxygen atoms in total. The molecule has 0 aromatic heterocycles. The van der Waals surface area contributed by atoms with Crippen LogP contribution in [0.4, 0.5) is 11.4 Å². The molecular formula is C20H22ClN3O2. The molecule has 136 valence electrons. The standard InChI is InChI=1S/C20H22ClN3O2/c1-12(2)19(22)20(26)23-16-7-3-13(4-8-16)11-24-17-10-15(21)6-5-14(17)9-18(24)25/h3-8,10,12,19H,9,11,22H2,1-2H3,(H,23,26)/t19-/m0/s1. The van der Waals surface area contributed by atoms with Crippen molar-refractivity contribution in [2.45, 2.75) is 32.9 Å². The molecule has 0 aliphatic carbocycles. The topological polar surface area (TPSA) is 75.4 Å². The Labute approximate surface area is 158 Å². The number of anilines is 2. The minimum atomic E-state index is -0.543. The van der Waals surface area contributed by atoms with Gasteiger partial charge in [-0.25, -0.2) is 0 Å². The normalized spacial score (nSPS) is 14.5. The number of nitrogens with zero attached hydrogens (tertiary/aromatic N) is 1. The molecule has 1 aliphatic heterocycles. The zero-order valence-electron chi connectivity index (χ0n) is 14.8. The third kappa shape index (κ3) is 3.89. The fraction of sp³-hybridized carbons (Fsp3) is 0.300. The summed E-state index contributed by atoms with van der Waals surface area (Å²) < 4.78 is 0. The van der Waals surface area contributed by atoms with Crippen LogP contribution in [-0.4, -0.2) is 17.9 Å². The van der Waals surface area contributed by atoms with Gasteiger partial charge in [0.15, 0.2) is 0 Å². The van der Waals surface area contributed by atoms with Gasteiger partial charge in [-0.1, -0.05) is 43.6 Å². The molecule has 0 radical (unpaired) electrons. The van der Waals surface area contributed by atoms with E-state index in [4.69, 9.17) is 17.3 Å². The van der Waals surface area contributed by atoms with Gasteiger partial charge >= 0.3 is 0 Å². The van der Waals surface area contributed by atoms with Crippen molar-refractivity contribution >= 4 is 34.8 Å². The largest absolute Gasteiger partial charge is 0.325 e. The Morgan fingerprint density at radius 2 is 1.92 bits per heavy atom. The van der Waals surface area contributed by atoms with Crippen molar-refractivity contribution < 1.29 is 9.59 Å². The lowest BCUT2D eigenvalue weighted by atomic mass is 10.0. The van der Waals surface area contributed by atoms with E-state index in [1.807, 2.05) is 50.2 Å². The van der Waals surface area contributed by atoms with E-state index in [1.165, 1.54) is 0 Å². The zero-order valence-corrected chi connectivity index (χ0v) is 15.6. The number of hydrogen-bond donors (Lipinski definition) is 2. The zero-order chi connectivity index (χ0) is 18.8. The van der Waals surface area contributed by atoms with E-state index in [-0.39, 0.29) is 17.7 Å². The summed E-state index contributed by atoms with van der Waals surface area (Å²) in [6, 6.07) is 12.4. The summed E-state index contributed by atoms with van der Waals surface area (Å²) in [5, 5.41) is 3.43. The van der Waals surface area contributed by atoms with Crippen LogP contribution in [0, 0.1) is 5.92 Å². The second kappa shape index (κ2) is 7.48. The number of halogens is 1. The van der Waals surface area contributed by atoms with Crippen LogP contribution >= 0.6 is 11.6 Å². The van der Waals surface area contributed by atoms with Crippen LogP contribution in [-0.2, 0) is 22.6 Å². The van der Waals surface area contributed by atoms with Crippen LogP contribution in [0.15, 0.2) is 42.5 Å². The molecule has 0 saturated carbocycles. The average molecular weight is 372 g/mol. The van der Waals surface area contributed by atoms with Gasteiger partial charge in [0.05, 0.1) is 19.0 Å². The van der Waals surface area contributed by atoms with E-state index < -0.39 is 6.04 Å². The Balaban J connectivity index is 1.70. The Morgan fingerprint density at radius 1 is 1.23 bits per heavy atom. The number of nitrogens with two attached hydrogens (primary N) is 1. The molecule has 1 aliphatic rings. The first kappa shape index (κ1) is 18.4. The highest BCUT2D eigenvalue weighted by molar-refractivity contribution is 6.31. The van der Waals surface area contributed by atoms with Gasteiger partial charge in [-0.2, -0.15) is 0 Å². The Hall–Kier alpha value is -2.37. The molecule has 1 heterocycles. The van der Waals surface area contributed by atoms with Crippen molar-refractivity contribution in [1.82, 2.24) is 0 Å². The second-order valence-electron chi connectivity index (χ2n) is 6.89. The smallest absolute Gasteiger partial charge is 0.241 e. The molecular weight excluding hydrogens is 350 g/mol. The highest BCUT2D eigenvalue weighted by Gasteiger charge is 2.27. The third-order valence-corrected chi connectivity index (χ3v) is 4.80. The van der Waals surface area contributed by atoms with Crippen molar-refractivity contribution in [3.05, 3.63) is 58.6 Å². The third-order valence-electron chi connectivity index (χ3n) is 4.56. The first-order valence-corrected chi connectivity index (χ1v) is 8.97. The second-order valence-corrected chi connectivity index (χ2v) is 7.32. The van der Waals surface area contributed by atoms with Crippen molar-refractivity contribution in [3.63, 3.8) is 0 Å². The summed E-state index contributed by atoms with van der Waals surface area (Å²) in [6.45, 7) is 4.28. The molecule has 0 fully saturated rings. The highest BCUT2D eigenvalue weighted by Crippen LogP contribution is 2.32. The van der Waals surface area contributed by atoms with Crippen LogP contribution < -0.4 is 16.0 Å². The first-order valence-electron chi connectivity index (χ1n) is 8.59. The fourth-order valence-corrected chi connectivity index (χ4v) is 3.07. The molecule has 6 heteroatoms. The molecule has 3 N–H and O–H groups in total. The highest BCUT2D eigenvalue weighted by atomic mass is 35.5. The summed E-state index contributed by atoms with van der Waals surface area (Å²) in [6.07, 6.45) is 0.397. The molecule has 0 bridgehead atoms. The van der Waals surface area contributed by atoms with Crippen LogP contribution in [0.3, 0.4) is 0 Å². The first-order chi connectivity index (χ1) is 12.3. The number of carbonyl (C=O) groups excluding carboxylic acids is 2. The minimum absolute atomic E-state index is 0.0579. The predicted molar refractivity (Wildman–Crippen MR) is 104 cm³/mol. The Morgan fingerprint density at radius 3 is 2.58 bits per heavy atom. The quantitative estimate of drug-likeness (QED) is 0.846. The van der Waals surface area contributed by atoms with E-state index in [0.29, 0.717) is 23.7 Å². The van der Waals surface area contributed by atoms with Gasteiger partial charge in [-0.3, -0.25) is 9.59 Å². The van der Waals surface area contributed by atoms with Gasteiger partial charge in [-0.15, -0.1) is 0 Å². The van der Waals surface area contributed by atoms with Gasteiger partial charge in [0.2, 0.25) is 11.8 Å². The number of rotatable bonds is 5. The van der Waals surface area contributed by atoms with Crippen molar-refractivity contribution in [2.24, 2.45) is 11.7 Å². The number of fused-ring (bicyclic) bond motifs is 1. The number of benzene rings is 2. The molecule has 2 amide bonds. The van der Waals surface area contributed by atoms with E-state index in [2.05, 4.69) is 5.32 Å². The maximum absolute atomic E-state index is 12.3. The van der Waals surface area contributed by atoms with Crippen LogP contribution in [0.2, 0.25) is 5.02 Å². The summed E-state index contributed by atoms with van der Waals surface area (Å²) in [5.41, 5.74) is 9.36. The maximum atomic E-state index is 12.3. The molecule has 2 aromatic rings. The summed E-state index contributed by atoms with van der Waals surface area (Å²) in [7, 11) is 0. The lowest BCUT2D eigenvalue weighted by Gasteiger charge is -2.18. The number of carbonyl (C=O) groups is 2. The molecule has 0 unspecified atom stereocenters. The average Bonchev–Trinajstić information content (AvgIpc) is 2.91. The van der Waals surface area contributed by atoms with Crippen LogP contribution in [0.5, 0.6) is 0 Å². The van der Waals surface area contributed by atoms with E-state index in [0.717, 1.165) is 16.8 Å². The van der Waals surface area contributed by atoms with Crippen LogP contribution in [0.1, 0.15) is 25.0 Å². The van der Waals surface area contributed by atoms with Gasteiger partial charge < -0.3 is 16.0 Å². The van der Waals surface area contributed by atoms with Crippen molar-refractivity contribution in [2.75, 3.05) is 10.2 Å². The van der Waals surface area contributed by atoms with Crippen LogP contribution in [0.25, 0.3) is 0 Å². The van der Waals surface area contributed by atoms with Crippen molar-refractivity contribution in [3.8, 4) is 0 Å².